The molecule has 1 fully saturated rings. The van der Waals surface area contributed by atoms with Crippen LogP contribution in [0.3, 0.4) is 0 Å². The summed E-state index contributed by atoms with van der Waals surface area (Å²) in [6.45, 7) is 2.63. The van der Waals surface area contributed by atoms with E-state index in [2.05, 4.69) is 52.7 Å². The summed E-state index contributed by atoms with van der Waals surface area (Å²) < 4.78 is 10.8. The van der Waals surface area contributed by atoms with Gasteiger partial charge >= 0.3 is 0 Å². The number of ether oxygens (including phenoxy) is 2. The number of rotatable bonds is 7. The third-order valence-corrected chi connectivity index (χ3v) is 5.87. The van der Waals surface area contributed by atoms with Gasteiger partial charge < -0.3 is 14.8 Å². The highest BCUT2D eigenvalue weighted by atomic mass is 16.5. The lowest BCUT2D eigenvalue weighted by atomic mass is 9.97. The van der Waals surface area contributed by atoms with E-state index < -0.39 is 0 Å². The summed E-state index contributed by atoms with van der Waals surface area (Å²) in [7, 11) is 3.13. The fourth-order valence-corrected chi connectivity index (χ4v) is 4.38. The van der Waals surface area contributed by atoms with Crippen molar-refractivity contribution in [1.29, 1.82) is 0 Å². The minimum atomic E-state index is -0.157. The predicted octanol–water partition coefficient (Wildman–Crippen LogP) is 4.42. The van der Waals surface area contributed by atoms with Crippen molar-refractivity contribution in [1.82, 2.24) is 10.2 Å². The molecule has 0 saturated carbocycles. The largest absolute Gasteiger partial charge is 0.493 e. The quantitative estimate of drug-likeness (QED) is 0.633. The number of likely N-dealkylation sites (tertiary alicyclic amines) is 1. The summed E-state index contributed by atoms with van der Waals surface area (Å²) in [5.41, 5.74) is 1.74. The van der Waals surface area contributed by atoms with Gasteiger partial charge in [0.1, 0.15) is 0 Å². The van der Waals surface area contributed by atoms with Gasteiger partial charge in [-0.25, -0.2) is 0 Å². The zero-order chi connectivity index (χ0) is 20.9. The van der Waals surface area contributed by atoms with Crippen LogP contribution in [0.2, 0.25) is 0 Å². The van der Waals surface area contributed by atoms with Crippen LogP contribution in [0.1, 0.15) is 34.8 Å². The first-order valence-electron chi connectivity index (χ1n) is 10.4. The van der Waals surface area contributed by atoms with Crippen LogP contribution in [0.15, 0.2) is 60.7 Å². The Morgan fingerprint density at radius 2 is 1.70 bits per heavy atom. The van der Waals surface area contributed by atoms with Crippen molar-refractivity contribution in [3.63, 3.8) is 0 Å². The Hall–Kier alpha value is -3.05. The van der Waals surface area contributed by atoms with Gasteiger partial charge in [-0.05, 0) is 54.4 Å². The summed E-state index contributed by atoms with van der Waals surface area (Å²) in [4.78, 5) is 15.5. The fraction of sp³-hybridized carbons (Fsp3) is 0.320. The van der Waals surface area contributed by atoms with Crippen LogP contribution in [0, 0.1) is 0 Å². The fourth-order valence-electron chi connectivity index (χ4n) is 4.38. The van der Waals surface area contributed by atoms with E-state index in [4.69, 9.17) is 9.47 Å². The maximum absolute atomic E-state index is 13.0. The van der Waals surface area contributed by atoms with Gasteiger partial charge in [-0.2, -0.15) is 0 Å². The van der Waals surface area contributed by atoms with Crippen molar-refractivity contribution < 1.29 is 14.3 Å². The van der Waals surface area contributed by atoms with Crippen molar-refractivity contribution in [2.75, 3.05) is 33.9 Å². The molecule has 1 amide bonds. The SMILES string of the molecule is COc1cccc(C(=O)NC[C@@H](c2cccc3ccccc23)N2CCCC2)c1OC. The predicted molar refractivity (Wildman–Crippen MR) is 119 cm³/mol. The molecule has 1 N–H and O–H groups in total. The van der Waals surface area contributed by atoms with Gasteiger partial charge in [0.2, 0.25) is 0 Å². The van der Waals surface area contributed by atoms with Crippen molar-refractivity contribution >= 4 is 16.7 Å². The van der Waals surface area contributed by atoms with Crippen molar-refractivity contribution in [2.45, 2.75) is 18.9 Å². The normalized spacial score (nSPS) is 15.1. The topological polar surface area (TPSA) is 50.8 Å². The van der Waals surface area contributed by atoms with E-state index in [1.807, 2.05) is 0 Å². The number of methoxy groups -OCH3 is 2. The number of amides is 1. The number of benzene rings is 3. The van der Waals surface area contributed by atoms with Crippen molar-refractivity contribution in [3.8, 4) is 11.5 Å². The van der Waals surface area contributed by atoms with Gasteiger partial charge in [0.25, 0.3) is 5.91 Å². The Morgan fingerprint density at radius 1 is 0.967 bits per heavy atom. The molecule has 156 valence electrons. The molecule has 1 aliphatic heterocycles. The van der Waals surface area contributed by atoms with Crippen LogP contribution in [0.5, 0.6) is 11.5 Å². The summed E-state index contributed by atoms with van der Waals surface area (Å²) in [6, 6.07) is 20.4. The lowest BCUT2D eigenvalue weighted by Gasteiger charge is -2.29. The van der Waals surface area contributed by atoms with Gasteiger partial charge in [-0.3, -0.25) is 9.69 Å². The number of carbonyl (C=O) groups is 1. The molecule has 5 heteroatoms. The maximum atomic E-state index is 13.0. The first-order chi connectivity index (χ1) is 14.7. The number of hydrogen-bond acceptors (Lipinski definition) is 4. The molecule has 3 aromatic rings. The van der Waals surface area contributed by atoms with Gasteiger partial charge in [0.05, 0.1) is 25.8 Å². The molecule has 0 bridgehead atoms. The zero-order valence-electron chi connectivity index (χ0n) is 17.6. The van der Waals surface area contributed by atoms with Gasteiger partial charge in [0, 0.05) is 6.54 Å². The van der Waals surface area contributed by atoms with E-state index in [1.165, 1.54) is 29.2 Å². The van der Waals surface area contributed by atoms with E-state index in [-0.39, 0.29) is 11.9 Å². The van der Waals surface area contributed by atoms with Gasteiger partial charge in [-0.1, -0.05) is 48.5 Å². The molecule has 4 rings (SSSR count). The Kier molecular flexibility index (Phi) is 6.19. The third kappa shape index (κ3) is 3.98. The van der Waals surface area contributed by atoms with Crippen LogP contribution < -0.4 is 14.8 Å². The molecule has 1 aliphatic rings. The monoisotopic (exact) mass is 404 g/mol. The highest BCUT2D eigenvalue weighted by molar-refractivity contribution is 5.98. The van der Waals surface area contributed by atoms with Gasteiger partial charge in [0.15, 0.2) is 11.5 Å². The second-order valence-corrected chi connectivity index (χ2v) is 7.58. The lowest BCUT2D eigenvalue weighted by Crippen LogP contribution is -2.37. The van der Waals surface area contributed by atoms with Crippen LogP contribution in [0.4, 0.5) is 0 Å². The number of hydrogen-bond donors (Lipinski definition) is 1. The Balaban J connectivity index is 1.62. The van der Waals surface area contributed by atoms with Crippen molar-refractivity contribution in [3.05, 3.63) is 71.8 Å². The number of nitrogens with one attached hydrogen (secondary N) is 1. The number of fused-ring (bicyclic) bond motifs is 1. The molecule has 0 radical (unpaired) electrons. The minimum absolute atomic E-state index is 0.124. The van der Waals surface area contributed by atoms with Gasteiger partial charge in [-0.15, -0.1) is 0 Å². The van der Waals surface area contributed by atoms with Crippen LogP contribution in [0.25, 0.3) is 10.8 Å². The number of nitrogens with zero attached hydrogens (tertiary/aromatic N) is 1. The molecular formula is C25H28N2O3. The molecule has 0 aliphatic carbocycles. The molecule has 1 atom stereocenters. The Morgan fingerprint density at radius 3 is 2.47 bits per heavy atom. The van der Waals surface area contributed by atoms with E-state index in [1.54, 1.807) is 32.4 Å². The Labute approximate surface area is 177 Å². The lowest BCUT2D eigenvalue weighted by molar-refractivity contribution is 0.0934. The number of carbonyl (C=O) groups excluding carboxylic acids is 1. The standard InChI is InChI=1S/C25H28N2O3/c1-29-23-14-8-13-21(24(23)30-2)25(28)26-17-22(27-15-5-6-16-27)20-12-7-10-18-9-3-4-11-19(18)20/h3-4,7-14,22H,5-6,15-17H2,1-2H3,(H,26,28)/t22-/m0/s1. The molecule has 1 saturated heterocycles. The first kappa shape index (κ1) is 20.2. The van der Waals surface area contributed by atoms with Crippen LogP contribution in [-0.2, 0) is 0 Å². The summed E-state index contributed by atoms with van der Waals surface area (Å²) >= 11 is 0. The Bertz CT molecular complexity index is 1020. The van der Waals surface area contributed by atoms with E-state index in [9.17, 15) is 4.79 Å². The molecular weight excluding hydrogens is 376 g/mol. The van der Waals surface area contributed by atoms with Crippen molar-refractivity contribution in [2.24, 2.45) is 0 Å². The summed E-state index contributed by atoms with van der Waals surface area (Å²) in [5.74, 6) is 0.853. The molecule has 30 heavy (non-hydrogen) atoms. The molecule has 3 aromatic carbocycles. The van der Waals surface area contributed by atoms with Crippen LogP contribution in [-0.4, -0.2) is 44.7 Å². The molecule has 5 nitrogen and oxygen atoms in total. The second kappa shape index (κ2) is 9.18. The minimum Gasteiger partial charge on any atom is -0.493 e. The van der Waals surface area contributed by atoms with E-state index in [0.717, 1.165) is 13.1 Å². The average Bonchev–Trinajstić information content (AvgIpc) is 3.33. The second-order valence-electron chi connectivity index (χ2n) is 7.58. The summed E-state index contributed by atoms with van der Waals surface area (Å²) in [5, 5.41) is 5.61. The molecule has 0 unspecified atom stereocenters. The highest BCUT2D eigenvalue weighted by Crippen LogP contribution is 2.32. The third-order valence-electron chi connectivity index (χ3n) is 5.87. The smallest absolute Gasteiger partial charge is 0.255 e. The zero-order valence-corrected chi connectivity index (χ0v) is 17.6. The van der Waals surface area contributed by atoms with E-state index in [0.29, 0.717) is 23.6 Å². The first-order valence-corrected chi connectivity index (χ1v) is 10.4. The number of para-hydroxylation sites is 1. The van der Waals surface area contributed by atoms with E-state index >= 15 is 0 Å². The van der Waals surface area contributed by atoms with Crippen LogP contribution >= 0.6 is 0 Å². The molecule has 1 heterocycles. The summed E-state index contributed by atoms with van der Waals surface area (Å²) in [6.07, 6.45) is 2.39. The molecule has 0 aromatic heterocycles. The highest BCUT2D eigenvalue weighted by Gasteiger charge is 2.26. The molecule has 0 spiro atoms. The average molecular weight is 405 g/mol. The maximum Gasteiger partial charge on any atom is 0.255 e.